The largest absolute Gasteiger partial charge is 0.465 e. The summed E-state index contributed by atoms with van der Waals surface area (Å²) in [4.78, 5) is 31.7. The molecule has 2 heterocycles. The van der Waals surface area contributed by atoms with Crippen molar-refractivity contribution in [1.82, 2.24) is 14.7 Å². The second kappa shape index (κ2) is 4.19. The Balaban J connectivity index is 1.43. The van der Waals surface area contributed by atoms with Gasteiger partial charge in [-0.1, -0.05) is 5.11 Å². The molecule has 5 fully saturated rings. The van der Waals surface area contributed by atoms with Gasteiger partial charge in [0.1, 0.15) is 0 Å². The van der Waals surface area contributed by atoms with E-state index >= 15 is 0 Å². The Labute approximate surface area is 127 Å². The molecule has 0 aromatic carbocycles. The number of carbonyl (C=O) groups is 2. The van der Waals surface area contributed by atoms with Crippen LogP contribution in [0.4, 0.5) is 9.59 Å². The summed E-state index contributed by atoms with van der Waals surface area (Å²) in [5.74, 6) is 0. The van der Waals surface area contributed by atoms with Gasteiger partial charge in [-0.05, 0) is 30.2 Å². The molecule has 2 saturated heterocycles. The molecule has 5 aliphatic rings. The maximum atomic E-state index is 12.6. The lowest BCUT2D eigenvalue weighted by Crippen LogP contribution is -2.76. The Morgan fingerprint density at radius 1 is 1.36 bits per heavy atom. The van der Waals surface area contributed by atoms with Crippen molar-refractivity contribution in [3.8, 4) is 0 Å². The van der Waals surface area contributed by atoms with Crippen LogP contribution in [0.25, 0.3) is 10.4 Å². The molecule has 1 N–H and O–H groups in total. The fraction of sp³-hybridized carbons (Fsp3) is 0.846. The molecule has 0 radical (unpaired) electrons. The van der Waals surface area contributed by atoms with Crippen molar-refractivity contribution in [3.63, 3.8) is 0 Å². The predicted molar refractivity (Wildman–Crippen MR) is 75.2 cm³/mol. The summed E-state index contributed by atoms with van der Waals surface area (Å²) >= 11 is 0. The smallest absolute Gasteiger partial charge is 0.407 e. The van der Waals surface area contributed by atoms with Gasteiger partial charge >= 0.3 is 12.1 Å². The number of amides is 3. The summed E-state index contributed by atoms with van der Waals surface area (Å²) in [7, 11) is 0. The van der Waals surface area contributed by atoms with Gasteiger partial charge in [0, 0.05) is 43.2 Å². The van der Waals surface area contributed by atoms with E-state index in [1.165, 1.54) is 4.90 Å². The summed E-state index contributed by atoms with van der Waals surface area (Å²) in [6.07, 6.45) is 1.82. The van der Waals surface area contributed by atoms with Gasteiger partial charge in [-0.25, -0.2) is 9.59 Å². The summed E-state index contributed by atoms with van der Waals surface area (Å²) in [6.45, 7) is 2.40. The van der Waals surface area contributed by atoms with E-state index in [1.807, 2.05) is 9.80 Å². The molecule has 0 unspecified atom stereocenters. The Kier molecular flexibility index (Phi) is 2.57. The highest BCUT2D eigenvalue weighted by molar-refractivity contribution is 5.79. The van der Waals surface area contributed by atoms with E-state index in [2.05, 4.69) is 10.0 Å². The second-order valence-corrected chi connectivity index (χ2v) is 7.11. The van der Waals surface area contributed by atoms with Crippen LogP contribution in [0.1, 0.15) is 19.3 Å². The second-order valence-electron chi connectivity index (χ2n) is 7.11. The Bertz CT molecular complexity index is 581. The number of azide groups is 1. The third-order valence-corrected chi connectivity index (χ3v) is 5.78. The zero-order valence-corrected chi connectivity index (χ0v) is 12.2. The molecule has 5 rings (SSSR count). The molecule has 118 valence electrons. The molecule has 2 bridgehead atoms. The molecular weight excluding hydrogens is 288 g/mol. The van der Waals surface area contributed by atoms with Crippen molar-refractivity contribution in [2.45, 2.75) is 30.8 Å². The van der Waals surface area contributed by atoms with Gasteiger partial charge in [-0.2, -0.15) is 0 Å². The molecule has 0 aromatic heterocycles. The Morgan fingerprint density at radius 2 is 2.09 bits per heavy atom. The Morgan fingerprint density at radius 3 is 2.73 bits per heavy atom. The molecule has 3 amide bonds. The van der Waals surface area contributed by atoms with Crippen LogP contribution in [0.2, 0.25) is 0 Å². The molecule has 9 nitrogen and oxygen atoms in total. The topological polar surface area (TPSA) is 113 Å². The third-order valence-electron chi connectivity index (χ3n) is 5.78. The van der Waals surface area contributed by atoms with Crippen LogP contribution in [0, 0.1) is 5.41 Å². The van der Waals surface area contributed by atoms with E-state index in [0.717, 1.165) is 19.3 Å². The number of urea groups is 1. The third kappa shape index (κ3) is 1.62. The van der Waals surface area contributed by atoms with Crippen molar-refractivity contribution >= 4 is 12.1 Å². The van der Waals surface area contributed by atoms with Crippen LogP contribution < -0.4 is 0 Å². The molecule has 3 saturated carbocycles. The van der Waals surface area contributed by atoms with E-state index in [4.69, 9.17) is 10.6 Å². The number of carbonyl (C=O) groups excluding carboxylic acids is 1. The molecule has 2 aliphatic heterocycles. The lowest BCUT2D eigenvalue weighted by molar-refractivity contribution is -0.193. The quantitative estimate of drug-likeness (QED) is 0.482. The van der Waals surface area contributed by atoms with Gasteiger partial charge in [-0.3, -0.25) is 0 Å². The molecular formula is C13H18N6O3. The highest BCUT2D eigenvalue weighted by Crippen LogP contribution is 2.70. The summed E-state index contributed by atoms with van der Waals surface area (Å²) in [6, 6.07) is 0.0200. The van der Waals surface area contributed by atoms with E-state index in [9.17, 15) is 9.59 Å². The van der Waals surface area contributed by atoms with Crippen LogP contribution in [-0.2, 0) is 0 Å². The summed E-state index contributed by atoms with van der Waals surface area (Å²) in [5, 5.41) is 12.8. The lowest BCUT2D eigenvalue weighted by Gasteiger charge is -2.73. The molecule has 3 aliphatic carbocycles. The van der Waals surface area contributed by atoms with Gasteiger partial charge in [0.15, 0.2) is 0 Å². The lowest BCUT2D eigenvalue weighted by atomic mass is 9.39. The van der Waals surface area contributed by atoms with Crippen LogP contribution in [0.3, 0.4) is 0 Å². The number of hydrogen-bond donors (Lipinski definition) is 1. The number of carboxylic acid groups (broad SMARTS) is 1. The van der Waals surface area contributed by atoms with Crippen molar-refractivity contribution in [2.75, 3.05) is 32.7 Å². The van der Waals surface area contributed by atoms with Crippen molar-refractivity contribution in [3.05, 3.63) is 10.4 Å². The van der Waals surface area contributed by atoms with Gasteiger partial charge in [0.05, 0.1) is 6.04 Å². The number of piperazine rings is 1. The van der Waals surface area contributed by atoms with Crippen molar-refractivity contribution < 1.29 is 14.7 Å². The molecule has 9 heteroatoms. The van der Waals surface area contributed by atoms with Gasteiger partial charge in [0.2, 0.25) is 0 Å². The maximum absolute atomic E-state index is 12.6. The van der Waals surface area contributed by atoms with Gasteiger partial charge in [-0.15, -0.1) is 0 Å². The molecule has 22 heavy (non-hydrogen) atoms. The zero-order valence-electron chi connectivity index (χ0n) is 12.2. The Hall–Kier alpha value is -2.15. The van der Waals surface area contributed by atoms with E-state index < -0.39 is 6.09 Å². The molecule has 0 aromatic rings. The summed E-state index contributed by atoms with van der Waals surface area (Å²) < 4.78 is 0. The number of fused-ring (bicyclic) bond motifs is 1. The van der Waals surface area contributed by atoms with Crippen molar-refractivity contribution in [2.24, 2.45) is 10.5 Å². The van der Waals surface area contributed by atoms with Crippen molar-refractivity contribution in [1.29, 1.82) is 0 Å². The zero-order chi connectivity index (χ0) is 15.5. The van der Waals surface area contributed by atoms with Crippen LogP contribution in [-0.4, -0.2) is 76.2 Å². The standard InChI is InChI=1S/C13H18N6O3/c14-16-15-8-12-5-13(6-12,7-12)19-4-9-3-17(11(21)22)1-2-18(9)10(19)20/h9H,1-8H2,(H,21,22)/t9-,12?,13?/m0/s1. The SMILES string of the molecule is [N-]=[N+]=NCC12CC(N3C[C@@H]4CN(C(=O)O)CCN4C3=O)(C1)C2. The first kappa shape index (κ1) is 13.5. The predicted octanol–water partition coefficient (Wildman–Crippen LogP) is 1.32. The minimum Gasteiger partial charge on any atom is -0.465 e. The highest BCUT2D eigenvalue weighted by Gasteiger charge is 2.71. The average molecular weight is 306 g/mol. The first-order chi connectivity index (χ1) is 10.5. The van der Waals surface area contributed by atoms with Gasteiger partial charge < -0.3 is 19.8 Å². The van der Waals surface area contributed by atoms with E-state index in [1.54, 1.807) is 0 Å². The van der Waals surface area contributed by atoms with Crippen LogP contribution in [0.5, 0.6) is 0 Å². The van der Waals surface area contributed by atoms with Crippen LogP contribution >= 0.6 is 0 Å². The molecule has 1 atom stereocenters. The fourth-order valence-corrected chi connectivity index (χ4v) is 4.85. The average Bonchev–Trinajstić information content (AvgIpc) is 2.73. The highest BCUT2D eigenvalue weighted by atomic mass is 16.4. The number of hydrogen-bond acceptors (Lipinski definition) is 3. The number of rotatable bonds is 3. The minimum atomic E-state index is -0.913. The minimum absolute atomic E-state index is 0.0283. The van der Waals surface area contributed by atoms with E-state index in [0.29, 0.717) is 32.7 Å². The first-order valence-corrected chi connectivity index (χ1v) is 7.56. The monoisotopic (exact) mass is 306 g/mol. The molecule has 0 spiro atoms. The summed E-state index contributed by atoms with van der Waals surface area (Å²) in [5.41, 5.74) is 8.48. The fourth-order valence-electron chi connectivity index (χ4n) is 4.85. The normalized spacial score (nSPS) is 38.8. The first-order valence-electron chi connectivity index (χ1n) is 7.56. The van der Waals surface area contributed by atoms with E-state index in [-0.39, 0.29) is 23.0 Å². The van der Waals surface area contributed by atoms with Crippen LogP contribution in [0.15, 0.2) is 5.11 Å². The number of nitrogens with zero attached hydrogens (tertiary/aromatic N) is 6. The maximum Gasteiger partial charge on any atom is 0.407 e. The van der Waals surface area contributed by atoms with Gasteiger partial charge in [0.25, 0.3) is 0 Å².